The number of unbranched alkanes of at least 4 members (excludes halogenated alkanes) is 3. The molecule has 1 heterocycles. The van der Waals surface area contributed by atoms with Crippen molar-refractivity contribution in [3.8, 4) is 0 Å². The lowest BCUT2D eigenvalue weighted by Gasteiger charge is -2.23. The van der Waals surface area contributed by atoms with Gasteiger partial charge in [0, 0.05) is 17.8 Å². The number of amides is 1. The van der Waals surface area contributed by atoms with Crippen LogP contribution in [0.2, 0.25) is 0 Å². The minimum absolute atomic E-state index is 0.154. The zero-order chi connectivity index (χ0) is 14.8. The molecule has 5 heteroatoms. The molecule has 114 valence electrons. The van der Waals surface area contributed by atoms with Gasteiger partial charge >= 0.3 is 0 Å². The lowest BCUT2D eigenvalue weighted by molar-refractivity contribution is -0.121. The van der Waals surface area contributed by atoms with Crippen LogP contribution in [0.25, 0.3) is 0 Å². The van der Waals surface area contributed by atoms with E-state index in [-0.39, 0.29) is 11.9 Å². The van der Waals surface area contributed by atoms with Crippen LogP contribution in [0.4, 0.5) is 0 Å². The summed E-state index contributed by atoms with van der Waals surface area (Å²) < 4.78 is 0. The van der Waals surface area contributed by atoms with Gasteiger partial charge in [-0.1, -0.05) is 18.9 Å². The monoisotopic (exact) mass is 297 g/mol. The number of nitrogens with one attached hydrogen (secondary N) is 1. The van der Waals surface area contributed by atoms with Gasteiger partial charge in [-0.05, 0) is 44.9 Å². The number of thiophene rings is 1. The molecule has 0 spiro atoms. The number of nitrogens with two attached hydrogens (primary N) is 1. The molecule has 0 fully saturated rings. The molecule has 1 unspecified atom stereocenters. The van der Waals surface area contributed by atoms with Gasteiger partial charge in [0.25, 0.3) is 0 Å². The molecule has 1 rings (SSSR count). The zero-order valence-corrected chi connectivity index (χ0v) is 13.4. The molecule has 0 aliphatic carbocycles. The molecule has 3 N–H and O–H groups in total. The van der Waals surface area contributed by atoms with Crippen LogP contribution in [0.1, 0.15) is 43.0 Å². The maximum absolute atomic E-state index is 11.8. The second-order valence-corrected chi connectivity index (χ2v) is 6.23. The third-order valence-corrected chi connectivity index (χ3v) is 4.32. The maximum Gasteiger partial charge on any atom is 0.220 e. The maximum atomic E-state index is 11.8. The molecular formula is C15H27N3OS. The van der Waals surface area contributed by atoms with Gasteiger partial charge in [0.15, 0.2) is 0 Å². The minimum Gasteiger partial charge on any atom is -0.354 e. The van der Waals surface area contributed by atoms with Crippen LogP contribution >= 0.6 is 11.3 Å². The van der Waals surface area contributed by atoms with E-state index in [1.807, 2.05) is 14.1 Å². The number of nitrogens with zero attached hydrogens (tertiary/aromatic N) is 1. The van der Waals surface area contributed by atoms with Crippen molar-refractivity contribution in [2.75, 3.05) is 27.2 Å². The smallest absolute Gasteiger partial charge is 0.220 e. The molecule has 20 heavy (non-hydrogen) atoms. The summed E-state index contributed by atoms with van der Waals surface area (Å²) in [5.41, 5.74) is 5.44. The minimum atomic E-state index is 0.154. The van der Waals surface area contributed by atoms with Crippen molar-refractivity contribution in [3.05, 3.63) is 22.4 Å². The summed E-state index contributed by atoms with van der Waals surface area (Å²) in [6.45, 7) is 1.42. The lowest BCUT2D eigenvalue weighted by Crippen LogP contribution is -2.34. The number of carbonyl (C=O) groups excluding carboxylic acids is 1. The average molecular weight is 297 g/mol. The van der Waals surface area contributed by atoms with E-state index in [1.165, 1.54) is 4.88 Å². The number of rotatable bonds is 10. The van der Waals surface area contributed by atoms with Gasteiger partial charge in [0.2, 0.25) is 5.91 Å². The topological polar surface area (TPSA) is 58.4 Å². The second-order valence-electron chi connectivity index (χ2n) is 5.25. The molecule has 0 saturated heterocycles. The van der Waals surface area contributed by atoms with Crippen molar-refractivity contribution in [2.45, 2.75) is 38.1 Å². The fourth-order valence-corrected chi connectivity index (χ4v) is 3.02. The summed E-state index contributed by atoms with van der Waals surface area (Å²) >= 11 is 1.73. The Hall–Kier alpha value is -0.910. The van der Waals surface area contributed by atoms with Crippen LogP contribution in [0, 0.1) is 0 Å². The molecule has 0 aromatic carbocycles. The summed E-state index contributed by atoms with van der Waals surface area (Å²) in [5.74, 6) is 0.154. The Balaban J connectivity index is 2.24. The van der Waals surface area contributed by atoms with E-state index in [4.69, 9.17) is 5.73 Å². The average Bonchev–Trinajstić information content (AvgIpc) is 2.92. The van der Waals surface area contributed by atoms with Gasteiger partial charge in [0.1, 0.15) is 0 Å². The van der Waals surface area contributed by atoms with E-state index < -0.39 is 0 Å². The molecule has 0 aliphatic rings. The fraction of sp³-hybridized carbons (Fsp3) is 0.667. The molecule has 4 nitrogen and oxygen atoms in total. The molecule has 1 aromatic rings. The van der Waals surface area contributed by atoms with Crippen molar-refractivity contribution in [2.24, 2.45) is 5.73 Å². The highest BCUT2D eigenvalue weighted by Crippen LogP contribution is 2.22. The van der Waals surface area contributed by atoms with Gasteiger partial charge in [0.05, 0.1) is 6.04 Å². The highest BCUT2D eigenvalue weighted by Gasteiger charge is 2.15. The van der Waals surface area contributed by atoms with Crippen molar-refractivity contribution < 1.29 is 4.79 Å². The summed E-state index contributed by atoms with van der Waals surface area (Å²) in [5, 5.41) is 5.12. The number of hydrogen-bond donors (Lipinski definition) is 2. The highest BCUT2D eigenvalue weighted by molar-refractivity contribution is 7.10. The van der Waals surface area contributed by atoms with E-state index in [9.17, 15) is 4.79 Å². The number of carbonyl (C=O) groups is 1. The lowest BCUT2D eigenvalue weighted by atomic mass is 10.1. The van der Waals surface area contributed by atoms with E-state index >= 15 is 0 Å². The molecule has 0 saturated carbocycles. The Bertz CT molecular complexity index is 365. The van der Waals surface area contributed by atoms with E-state index in [0.29, 0.717) is 13.0 Å². The molecule has 0 aliphatic heterocycles. The molecule has 1 amide bonds. The van der Waals surface area contributed by atoms with Gasteiger partial charge in [-0.15, -0.1) is 11.3 Å². The first kappa shape index (κ1) is 17.1. The Morgan fingerprint density at radius 2 is 2.10 bits per heavy atom. The van der Waals surface area contributed by atoms with E-state index in [2.05, 4.69) is 27.7 Å². The second kappa shape index (κ2) is 9.91. The number of likely N-dealkylation sites (N-methyl/N-ethyl adjacent to an activating group) is 1. The third-order valence-electron chi connectivity index (χ3n) is 3.35. The first-order valence-corrected chi connectivity index (χ1v) is 8.19. The highest BCUT2D eigenvalue weighted by atomic mass is 32.1. The first-order chi connectivity index (χ1) is 9.65. The van der Waals surface area contributed by atoms with Crippen LogP contribution in [0.15, 0.2) is 17.5 Å². The van der Waals surface area contributed by atoms with Crippen LogP contribution < -0.4 is 11.1 Å². The number of hydrogen-bond acceptors (Lipinski definition) is 4. The van der Waals surface area contributed by atoms with Crippen molar-refractivity contribution in [1.29, 1.82) is 0 Å². The Morgan fingerprint density at radius 1 is 1.35 bits per heavy atom. The molecular weight excluding hydrogens is 270 g/mol. The molecule has 0 radical (unpaired) electrons. The van der Waals surface area contributed by atoms with Crippen LogP contribution in [-0.4, -0.2) is 38.0 Å². The third kappa shape index (κ3) is 6.50. The molecule has 0 bridgehead atoms. The van der Waals surface area contributed by atoms with Crippen molar-refractivity contribution >= 4 is 17.2 Å². The summed E-state index contributed by atoms with van der Waals surface area (Å²) in [4.78, 5) is 15.3. The largest absolute Gasteiger partial charge is 0.354 e. The van der Waals surface area contributed by atoms with Crippen molar-refractivity contribution in [1.82, 2.24) is 10.2 Å². The zero-order valence-electron chi connectivity index (χ0n) is 12.6. The van der Waals surface area contributed by atoms with E-state index in [0.717, 1.165) is 32.2 Å². The van der Waals surface area contributed by atoms with Gasteiger partial charge in [-0.2, -0.15) is 0 Å². The Kier molecular flexibility index (Phi) is 8.49. The van der Waals surface area contributed by atoms with Crippen LogP contribution in [-0.2, 0) is 4.79 Å². The van der Waals surface area contributed by atoms with Crippen molar-refractivity contribution in [3.63, 3.8) is 0 Å². The first-order valence-electron chi connectivity index (χ1n) is 7.31. The Labute approximate surface area is 126 Å². The van der Waals surface area contributed by atoms with Gasteiger partial charge in [-0.3, -0.25) is 4.79 Å². The normalized spacial score (nSPS) is 12.6. The fourth-order valence-electron chi connectivity index (χ4n) is 2.10. The SMILES string of the molecule is CN(C)C(CNC(=O)CCCCCCN)c1cccs1. The van der Waals surface area contributed by atoms with Crippen LogP contribution in [0.3, 0.4) is 0 Å². The standard InChI is InChI=1S/C15H27N3OS/c1-18(2)13(14-8-7-11-20-14)12-17-15(19)9-5-3-4-6-10-16/h7-8,11,13H,3-6,9-10,12,16H2,1-2H3,(H,17,19). The molecule has 1 aromatic heterocycles. The molecule has 1 atom stereocenters. The summed E-state index contributed by atoms with van der Waals surface area (Å²) in [6, 6.07) is 4.43. The van der Waals surface area contributed by atoms with Crippen LogP contribution in [0.5, 0.6) is 0 Å². The summed E-state index contributed by atoms with van der Waals surface area (Å²) in [7, 11) is 4.09. The predicted octanol–water partition coefficient (Wildman–Crippen LogP) is 2.38. The summed E-state index contributed by atoms with van der Waals surface area (Å²) in [6.07, 6.45) is 4.85. The quantitative estimate of drug-likeness (QED) is 0.652. The van der Waals surface area contributed by atoms with Gasteiger partial charge in [-0.25, -0.2) is 0 Å². The van der Waals surface area contributed by atoms with E-state index in [1.54, 1.807) is 11.3 Å². The van der Waals surface area contributed by atoms with Gasteiger partial charge < -0.3 is 16.0 Å². The Morgan fingerprint density at radius 3 is 2.70 bits per heavy atom. The predicted molar refractivity (Wildman–Crippen MR) is 85.9 cm³/mol.